The Bertz CT molecular complexity index is 203. The number of aromatic amines is 1. The molecule has 0 bridgehead atoms. The van der Waals surface area contributed by atoms with Crippen molar-refractivity contribution in [1.29, 1.82) is 0 Å². The van der Waals surface area contributed by atoms with Gasteiger partial charge in [-0.2, -0.15) is 0 Å². The summed E-state index contributed by atoms with van der Waals surface area (Å²) in [6, 6.07) is 0. The van der Waals surface area contributed by atoms with Gasteiger partial charge in [-0.05, 0) is 13.8 Å². The first kappa shape index (κ1) is 8.62. The molecule has 0 saturated carbocycles. The molecule has 1 aromatic heterocycles. The van der Waals surface area contributed by atoms with E-state index in [1.165, 1.54) is 11.8 Å². The standard InChI is InChI=1S/C7H12N2OS/c1-7(2,10)5-11-6-8-3-4-9-6/h3-4,10H,5H2,1-2H3,(H,8,9). The van der Waals surface area contributed by atoms with Crippen molar-refractivity contribution in [2.45, 2.75) is 24.6 Å². The Morgan fingerprint density at radius 2 is 2.45 bits per heavy atom. The minimum Gasteiger partial charge on any atom is -0.390 e. The quantitative estimate of drug-likeness (QED) is 0.675. The lowest BCUT2D eigenvalue weighted by Gasteiger charge is -2.14. The zero-order valence-electron chi connectivity index (χ0n) is 6.66. The summed E-state index contributed by atoms with van der Waals surface area (Å²) in [5.41, 5.74) is -0.628. The van der Waals surface area contributed by atoms with Crippen LogP contribution >= 0.6 is 11.8 Å². The molecule has 0 unspecified atom stereocenters. The summed E-state index contributed by atoms with van der Waals surface area (Å²) in [5, 5.41) is 10.2. The van der Waals surface area contributed by atoms with Gasteiger partial charge < -0.3 is 10.1 Å². The maximum absolute atomic E-state index is 9.35. The van der Waals surface area contributed by atoms with Gasteiger partial charge in [0.15, 0.2) is 5.16 Å². The van der Waals surface area contributed by atoms with Gasteiger partial charge in [-0.1, -0.05) is 11.8 Å². The van der Waals surface area contributed by atoms with Crippen LogP contribution in [0.4, 0.5) is 0 Å². The highest BCUT2D eigenvalue weighted by molar-refractivity contribution is 7.99. The summed E-state index contributed by atoms with van der Waals surface area (Å²) >= 11 is 1.52. The zero-order valence-corrected chi connectivity index (χ0v) is 7.48. The highest BCUT2D eigenvalue weighted by atomic mass is 32.2. The van der Waals surface area contributed by atoms with E-state index in [2.05, 4.69) is 9.97 Å². The number of nitrogens with one attached hydrogen (secondary N) is 1. The van der Waals surface area contributed by atoms with Gasteiger partial charge >= 0.3 is 0 Å². The molecular formula is C7H12N2OS. The van der Waals surface area contributed by atoms with Gasteiger partial charge in [0.2, 0.25) is 0 Å². The van der Waals surface area contributed by atoms with Crippen molar-refractivity contribution in [2.24, 2.45) is 0 Å². The molecular weight excluding hydrogens is 160 g/mol. The van der Waals surface area contributed by atoms with Crippen molar-refractivity contribution < 1.29 is 5.11 Å². The van der Waals surface area contributed by atoms with Gasteiger partial charge in [-0.3, -0.25) is 0 Å². The lowest BCUT2D eigenvalue weighted by atomic mass is 10.2. The molecule has 3 nitrogen and oxygen atoms in total. The van der Waals surface area contributed by atoms with E-state index in [9.17, 15) is 5.11 Å². The second-order valence-corrected chi connectivity index (χ2v) is 3.96. The predicted molar refractivity (Wildman–Crippen MR) is 45.6 cm³/mol. The Morgan fingerprint density at radius 3 is 2.91 bits per heavy atom. The van der Waals surface area contributed by atoms with Gasteiger partial charge in [0.1, 0.15) is 0 Å². The van der Waals surface area contributed by atoms with Gasteiger partial charge in [-0.15, -0.1) is 0 Å². The molecule has 1 heterocycles. The van der Waals surface area contributed by atoms with E-state index < -0.39 is 5.60 Å². The first-order chi connectivity index (χ1) is 5.08. The number of aliphatic hydroxyl groups is 1. The fraction of sp³-hybridized carbons (Fsp3) is 0.571. The van der Waals surface area contributed by atoms with E-state index in [0.717, 1.165) is 5.16 Å². The fourth-order valence-electron chi connectivity index (χ4n) is 0.575. The van der Waals surface area contributed by atoms with E-state index in [1.54, 1.807) is 26.2 Å². The molecule has 2 N–H and O–H groups in total. The third-order valence-electron chi connectivity index (χ3n) is 1.04. The summed E-state index contributed by atoms with van der Waals surface area (Å²) in [4.78, 5) is 6.97. The lowest BCUT2D eigenvalue weighted by molar-refractivity contribution is 0.107. The lowest BCUT2D eigenvalue weighted by Crippen LogP contribution is -2.21. The van der Waals surface area contributed by atoms with Gasteiger partial charge in [-0.25, -0.2) is 4.98 Å². The third-order valence-corrected chi connectivity index (χ3v) is 2.38. The van der Waals surface area contributed by atoms with E-state index in [0.29, 0.717) is 5.75 Å². The second kappa shape index (κ2) is 3.28. The molecule has 0 atom stereocenters. The maximum atomic E-state index is 9.35. The number of H-pyrrole nitrogens is 1. The first-order valence-electron chi connectivity index (χ1n) is 3.42. The van der Waals surface area contributed by atoms with Gasteiger partial charge in [0, 0.05) is 18.1 Å². The van der Waals surface area contributed by atoms with Gasteiger partial charge in [0.25, 0.3) is 0 Å². The van der Waals surface area contributed by atoms with Crippen molar-refractivity contribution in [1.82, 2.24) is 9.97 Å². The number of aromatic nitrogens is 2. The SMILES string of the molecule is CC(C)(O)CSc1ncc[nH]1. The third kappa shape index (κ3) is 3.43. The molecule has 0 radical (unpaired) electrons. The van der Waals surface area contributed by atoms with Crippen LogP contribution in [0.25, 0.3) is 0 Å². The van der Waals surface area contributed by atoms with Crippen molar-refractivity contribution in [3.8, 4) is 0 Å². The van der Waals surface area contributed by atoms with E-state index >= 15 is 0 Å². The Morgan fingerprint density at radius 1 is 1.73 bits per heavy atom. The second-order valence-electron chi connectivity index (χ2n) is 3.00. The van der Waals surface area contributed by atoms with Crippen LogP contribution in [-0.4, -0.2) is 26.4 Å². The number of hydrogen-bond donors (Lipinski definition) is 2. The number of nitrogens with zero attached hydrogens (tertiary/aromatic N) is 1. The van der Waals surface area contributed by atoms with Crippen LogP contribution < -0.4 is 0 Å². The number of thioether (sulfide) groups is 1. The van der Waals surface area contributed by atoms with Crippen LogP contribution in [0.1, 0.15) is 13.8 Å². The van der Waals surface area contributed by atoms with Crippen LogP contribution in [0.5, 0.6) is 0 Å². The van der Waals surface area contributed by atoms with E-state index in [-0.39, 0.29) is 0 Å². The van der Waals surface area contributed by atoms with Crippen molar-refractivity contribution >= 4 is 11.8 Å². The van der Waals surface area contributed by atoms with Gasteiger partial charge in [0.05, 0.1) is 5.60 Å². The van der Waals surface area contributed by atoms with Crippen molar-refractivity contribution in [3.05, 3.63) is 12.4 Å². The number of rotatable bonds is 3. The fourth-order valence-corrected chi connectivity index (χ4v) is 1.35. The van der Waals surface area contributed by atoms with E-state index in [4.69, 9.17) is 0 Å². The summed E-state index contributed by atoms with van der Waals surface area (Å²) in [7, 11) is 0. The Hall–Kier alpha value is -0.480. The summed E-state index contributed by atoms with van der Waals surface area (Å²) in [5.74, 6) is 0.653. The maximum Gasteiger partial charge on any atom is 0.165 e. The molecule has 0 spiro atoms. The number of imidazole rings is 1. The smallest absolute Gasteiger partial charge is 0.165 e. The molecule has 1 rings (SSSR count). The molecule has 0 saturated heterocycles. The zero-order chi connectivity index (χ0) is 8.32. The van der Waals surface area contributed by atoms with Crippen LogP contribution in [0.15, 0.2) is 17.6 Å². The van der Waals surface area contributed by atoms with Crippen LogP contribution in [0.3, 0.4) is 0 Å². The normalized spacial score (nSPS) is 11.9. The minimum absolute atomic E-state index is 0.628. The van der Waals surface area contributed by atoms with Crippen LogP contribution in [-0.2, 0) is 0 Å². The largest absolute Gasteiger partial charge is 0.390 e. The van der Waals surface area contributed by atoms with Crippen molar-refractivity contribution in [3.63, 3.8) is 0 Å². The summed E-state index contributed by atoms with van der Waals surface area (Å²) in [6.07, 6.45) is 3.47. The van der Waals surface area contributed by atoms with Crippen molar-refractivity contribution in [2.75, 3.05) is 5.75 Å². The minimum atomic E-state index is -0.628. The average Bonchev–Trinajstić information content (AvgIpc) is 2.32. The summed E-state index contributed by atoms with van der Waals surface area (Å²) in [6.45, 7) is 3.56. The molecule has 1 aromatic rings. The molecule has 0 amide bonds. The molecule has 0 aliphatic carbocycles. The Kier molecular flexibility index (Phi) is 2.57. The molecule has 0 fully saturated rings. The monoisotopic (exact) mass is 172 g/mol. The Balaban J connectivity index is 2.35. The molecule has 62 valence electrons. The topological polar surface area (TPSA) is 48.9 Å². The van der Waals surface area contributed by atoms with Crippen LogP contribution in [0.2, 0.25) is 0 Å². The number of hydrogen-bond acceptors (Lipinski definition) is 3. The highest BCUT2D eigenvalue weighted by Gasteiger charge is 2.13. The Labute approximate surface area is 70.2 Å². The molecule has 11 heavy (non-hydrogen) atoms. The van der Waals surface area contributed by atoms with E-state index in [1.807, 2.05) is 0 Å². The van der Waals surface area contributed by atoms with Crippen LogP contribution in [0, 0.1) is 0 Å². The molecule has 0 aliphatic rings. The molecule has 4 heteroatoms. The highest BCUT2D eigenvalue weighted by Crippen LogP contribution is 2.17. The molecule has 0 aliphatic heterocycles. The predicted octanol–water partition coefficient (Wildman–Crippen LogP) is 1.27. The molecule has 0 aromatic carbocycles. The summed E-state index contributed by atoms with van der Waals surface area (Å²) < 4.78 is 0. The average molecular weight is 172 g/mol. The first-order valence-corrected chi connectivity index (χ1v) is 4.41.